The van der Waals surface area contributed by atoms with Gasteiger partial charge < -0.3 is 13.9 Å². The van der Waals surface area contributed by atoms with Crippen LogP contribution in [0.4, 0.5) is 4.39 Å². The van der Waals surface area contributed by atoms with E-state index < -0.39 is 0 Å². The number of hydrogen-bond donors (Lipinski definition) is 0. The van der Waals surface area contributed by atoms with Crippen LogP contribution in [0.15, 0.2) is 40.2 Å². The van der Waals surface area contributed by atoms with Crippen LogP contribution >= 0.6 is 11.8 Å². The Balaban J connectivity index is 1.09. The molecule has 1 aromatic carbocycles. The number of benzene rings is 1. The summed E-state index contributed by atoms with van der Waals surface area (Å²) >= 11 is 1.73. The number of halogens is 1. The molecule has 0 amide bonds. The van der Waals surface area contributed by atoms with Gasteiger partial charge in [-0.3, -0.25) is 0 Å². The van der Waals surface area contributed by atoms with Crippen molar-refractivity contribution in [3.05, 3.63) is 47.7 Å². The molecule has 8 heteroatoms. The summed E-state index contributed by atoms with van der Waals surface area (Å²) in [7, 11) is 1.96. The zero-order chi connectivity index (χ0) is 20.7. The zero-order valence-electron chi connectivity index (χ0n) is 17.3. The highest BCUT2D eigenvalue weighted by Crippen LogP contribution is 2.64. The van der Waals surface area contributed by atoms with Gasteiger partial charge in [-0.15, -0.1) is 10.2 Å². The van der Waals surface area contributed by atoms with Gasteiger partial charge in [-0.05, 0) is 68.3 Å². The number of aryl methyl sites for hydroxylation is 1. The summed E-state index contributed by atoms with van der Waals surface area (Å²) in [6.07, 6.45) is 5.05. The van der Waals surface area contributed by atoms with Crippen LogP contribution in [0.1, 0.15) is 36.4 Å². The third-order valence-electron chi connectivity index (χ3n) is 6.56. The molecule has 2 aromatic heterocycles. The predicted molar refractivity (Wildman–Crippen MR) is 114 cm³/mol. The zero-order valence-corrected chi connectivity index (χ0v) is 18.2. The van der Waals surface area contributed by atoms with E-state index in [0.717, 1.165) is 35.4 Å². The molecule has 3 heterocycles. The van der Waals surface area contributed by atoms with Crippen molar-refractivity contribution in [3.8, 4) is 11.6 Å². The molecule has 3 aromatic rings. The van der Waals surface area contributed by atoms with E-state index >= 15 is 0 Å². The highest BCUT2D eigenvalue weighted by atomic mass is 32.2. The number of oxazole rings is 1. The molecule has 1 spiro atoms. The number of nitrogens with zero attached hydrogens (tertiary/aromatic N) is 5. The minimum absolute atomic E-state index is 0.148. The summed E-state index contributed by atoms with van der Waals surface area (Å²) in [5.74, 6) is 2.86. The van der Waals surface area contributed by atoms with Crippen LogP contribution in [0.5, 0.6) is 0 Å². The van der Waals surface area contributed by atoms with Crippen molar-refractivity contribution in [2.45, 2.75) is 37.3 Å². The summed E-state index contributed by atoms with van der Waals surface area (Å²) in [5, 5.41) is 9.48. The Bertz CT molecular complexity index is 1030. The van der Waals surface area contributed by atoms with Crippen molar-refractivity contribution in [1.82, 2.24) is 24.6 Å². The lowest BCUT2D eigenvalue weighted by Crippen LogP contribution is -2.23. The first-order chi connectivity index (χ1) is 14.6. The molecule has 1 saturated heterocycles. The molecular weight excluding hydrogens is 401 g/mol. The quantitative estimate of drug-likeness (QED) is 0.414. The fourth-order valence-corrected chi connectivity index (χ4v) is 5.58. The van der Waals surface area contributed by atoms with Crippen LogP contribution in [-0.2, 0) is 7.05 Å². The molecule has 2 aliphatic rings. The summed E-state index contributed by atoms with van der Waals surface area (Å²) in [6.45, 7) is 5.35. The van der Waals surface area contributed by atoms with E-state index in [0.29, 0.717) is 17.1 Å². The molecule has 0 N–H and O–H groups in total. The average Bonchev–Trinajstić information content (AvgIpc) is 3.03. The van der Waals surface area contributed by atoms with Gasteiger partial charge in [0.15, 0.2) is 17.3 Å². The van der Waals surface area contributed by atoms with E-state index in [4.69, 9.17) is 4.42 Å². The number of likely N-dealkylation sites (tertiary alicyclic amines) is 1. The lowest BCUT2D eigenvalue weighted by molar-refractivity contribution is 0.319. The van der Waals surface area contributed by atoms with Gasteiger partial charge >= 0.3 is 0 Å². The number of aromatic nitrogens is 4. The van der Waals surface area contributed by atoms with Crippen molar-refractivity contribution in [2.24, 2.45) is 12.5 Å². The normalized spacial score (nSPS) is 23.5. The van der Waals surface area contributed by atoms with Crippen LogP contribution in [-0.4, -0.2) is 50.0 Å². The first-order valence-corrected chi connectivity index (χ1v) is 11.4. The molecule has 2 fully saturated rings. The molecule has 30 heavy (non-hydrogen) atoms. The van der Waals surface area contributed by atoms with Crippen molar-refractivity contribution in [1.29, 1.82) is 0 Å². The van der Waals surface area contributed by atoms with Gasteiger partial charge in [-0.1, -0.05) is 23.9 Å². The Labute approximate surface area is 179 Å². The van der Waals surface area contributed by atoms with E-state index in [2.05, 4.69) is 20.1 Å². The summed E-state index contributed by atoms with van der Waals surface area (Å²) in [5.41, 5.74) is 2.55. The van der Waals surface area contributed by atoms with Gasteiger partial charge in [0, 0.05) is 19.3 Å². The van der Waals surface area contributed by atoms with Gasteiger partial charge in [0.25, 0.3) is 0 Å². The third-order valence-corrected chi connectivity index (χ3v) is 7.67. The fraction of sp³-hybridized carbons (Fsp3) is 0.500. The largest absolute Gasteiger partial charge is 0.440 e. The Morgan fingerprint density at radius 2 is 2.10 bits per heavy atom. The van der Waals surface area contributed by atoms with E-state index in [1.807, 2.05) is 30.7 Å². The fourth-order valence-electron chi connectivity index (χ4n) is 4.75. The standard InChI is InChI=1S/C22H26FN5OS/c1-15-19(29-14-24-15)20-25-26-21(27(20)2)30-11-3-9-28-10-8-22(13-28)12-18(22)16-4-6-17(23)7-5-16/h4-7,14,18H,3,8-13H2,1-2H3/t18-,22?/m0/s1. The average molecular weight is 428 g/mol. The highest BCUT2D eigenvalue weighted by molar-refractivity contribution is 7.99. The highest BCUT2D eigenvalue weighted by Gasteiger charge is 2.57. The Hall–Kier alpha value is -2.19. The maximum atomic E-state index is 13.2. The Morgan fingerprint density at radius 3 is 2.87 bits per heavy atom. The second-order valence-corrected chi connectivity index (χ2v) is 9.59. The van der Waals surface area contributed by atoms with Crippen LogP contribution < -0.4 is 0 Å². The number of rotatable bonds is 7. The summed E-state index contributed by atoms with van der Waals surface area (Å²) in [4.78, 5) is 6.72. The van der Waals surface area contributed by atoms with E-state index in [9.17, 15) is 4.39 Å². The molecule has 5 rings (SSSR count). The lowest BCUT2D eigenvalue weighted by atomic mass is 9.98. The minimum atomic E-state index is -0.148. The SMILES string of the molecule is Cc1ncoc1-c1nnc(SCCCN2CCC3(C[C@H]3c3ccc(F)cc3)C2)n1C. The molecule has 0 radical (unpaired) electrons. The molecule has 6 nitrogen and oxygen atoms in total. The van der Waals surface area contributed by atoms with Crippen molar-refractivity contribution < 1.29 is 8.81 Å². The van der Waals surface area contributed by atoms with Gasteiger partial charge in [0.2, 0.25) is 5.82 Å². The second-order valence-electron chi connectivity index (χ2n) is 8.53. The van der Waals surface area contributed by atoms with Crippen LogP contribution in [0.3, 0.4) is 0 Å². The molecule has 0 bridgehead atoms. The monoisotopic (exact) mass is 427 g/mol. The molecule has 1 saturated carbocycles. The van der Waals surface area contributed by atoms with Crippen molar-refractivity contribution >= 4 is 11.8 Å². The maximum Gasteiger partial charge on any atom is 0.202 e. The smallest absolute Gasteiger partial charge is 0.202 e. The minimum Gasteiger partial charge on any atom is -0.440 e. The van der Waals surface area contributed by atoms with Crippen molar-refractivity contribution in [3.63, 3.8) is 0 Å². The summed E-state index contributed by atoms with van der Waals surface area (Å²) in [6, 6.07) is 7.10. The lowest BCUT2D eigenvalue weighted by Gasteiger charge is -2.16. The molecule has 1 aliphatic heterocycles. The molecule has 1 aliphatic carbocycles. The van der Waals surface area contributed by atoms with E-state index in [-0.39, 0.29) is 5.82 Å². The first-order valence-electron chi connectivity index (χ1n) is 10.5. The molecule has 2 atom stereocenters. The predicted octanol–water partition coefficient (Wildman–Crippen LogP) is 4.28. The number of hydrogen-bond acceptors (Lipinski definition) is 6. The van der Waals surface area contributed by atoms with Gasteiger partial charge in [-0.25, -0.2) is 9.37 Å². The summed E-state index contributed by atoms with van der Waals surface area (Å²) < 4.78 is 20.6. The molecule has 158 valence electrons. The third kappa shape index (κ3) is 3.67. The van der Waals surface area contributed by atoms with Gasteiger partial charge in [0.1, 0.15) is 5.82 Å². The molecular formula is C22H26FN5OS. The van der Waals surface area contributed by atoms with Crippen LogP contribution in [0.25, 0.3) is 11.6 Å². The Kier molecular flexibility index (Phi) is 5.14. The molecule has 1 unspecified atom stereocenters. The van der Waals surface area contributed by atoms with Gasteiger partial charge in [0.05, 0.1) is 5.69 Å². The van der Waals surface area contributed by atoms with Gasteiger partial charge in [-0.2, -0.15) is 0 Å². The topological polar surface area (TPSA) is 60.0 Å². The Morgan fingerprint density at radius 1 is 1.27 bits per heavy atom. The maximum absolute atomic E-state index is 13.2. The first kappa shape index (κ1) is 19.8. The van der Waals surface area contributed by atoms with Crippen molar-refractivity contribution in [2.75, 3.05) is 25.4 Å². The number of thioether (sulfide) groups is 1. The van der Waals surface area contributed by atoms with E-state index in [1.165, 1.54) is 37.9 Å². The van der Waals surface area contributed by atoms with Crippen LogP contribution in [0, 0.1) is 18.2 Å². The van der Waals surface area contributed by atoms with E-state index in [1.54, 1.807) is 23.9 Å². The van der Waals surface area contributed by atoms with Crippen LogP contribution in [0.2, 0.25) is 0 Å². The second kappa shape index (κ2) is 7.81.